The van der Waals surface area contributed by atoms with Crippen LogP contribution in [0.15, 0.2) is 102 Å². The molecule has 0 spiro atoms. The van der Waals surface area contributed by atoms with E-state index in [-0.39, 0.29) is 60.3 Å². The summed E-state index contributed by atoms with van der Waals surface area (Å²) in [5.41, 5.74) is 6.79. The number of aromatic nitrogens is 2. The van der Waals surface area contributed by atoms with Gasteiger partial charge in [0.05, 0.1) is 37.0 Å². The molecule has 0 bridgehead atoms. The van der Waals surface area contributed by atoms with Crippen LogP contribution in [0.3, 0.4) is 0 Å². The fourth-order valence-corrected chi connectivity index (χ4v) is 14.4. The van der Waals surface area contributed by atoms with Crippen molar-refractivity contribution >= 4 is 29.6 Å². The number of guanidine groups is 1. The van der Waals surface area contributed by atoms with Crippen molar-refractivity contribution < 1.29 is 80.3 Å². The van der Waals surface area contributed by atoms with E-state index in [1.807, 2.05) is 43.3 Å². The third kappa shape index (κ3) is 10.5. The Balaban J connectivity index is 1.11. The number of carbonyl (C=O) groups excluding carboxylic acids is 1. The molecule has 12 atom stereocenters. The van der Waals surface area contributed by atoms with Gasteiger partial charge in [-0.05, 0) is 117 Å². The van der Waals surface area contributed by atoms with E-state index in [0.717, 1.165) is 39.6 Å². The molecule has 16 N–H and O–H groups in total. The summed E-state index contributed by atoms with van der Waals surface area (Å²) in [6.45, 7) is 1.26. The zero-order chi connectivity index (χ0) is 59.8. The average molecular weight is 1160 g/mol. The highest BCUT2D eigenvalue weighted by Gasteiger charge is 2.72. The molecule has 3 heterocycles. The summed E-state index contributed by atoms with van der Waals surface area (Å²) in [5, 5.41) is 141. The lowest BCUT2D eigenvalue weighted by molar-refractivity contribution is -0.422. The molecule has 22 nitrogen and oxygen atoms in total. The number of hydrogen-bond donors (Lipinski definition) is 15. The van der Waals surface area contributed by atoms with Crippen LogP contribution in [-0.4, -0.2) is 151 Å². The van der Waals surface area contributed by atoms with E-state index in [4.69, 9.17) is 15.2 Å². The van der Waals surface area contributed by atoms with Crippen LogP contribution in [0.1, 0.15) is 109 Å². The maximum atomic E-state index is 15.7. The van der Waals surface area contributed by atoms with E-state index in [0.29, 0.717) is 80.3 Å². The molecular formula is C62H74N6O16. The minimum absolute atomic E-state index is 0.0248. The standard InChI is InChI=1S/C62H74N6O16/c1-2-41-42(67-32-66-41)26-37-25-33(16-22-44(37)72)17-23-48(74)68-43-27-46(83-62(82)57(79)56(78)54(76)47(31-70)84-62)53(75)55(77)49(43)52-51(61-38(12-7-13-39(61)30-69)20-18-35-11-6-15-45(73)50(35)61)36(28-60(52,68)58(80)81)19-21-40(71)14-8-24-64-59(63)65-29-34-9-4-3-5-10-34/h3-6,9-11,15-17,22-23,25,27-28,32,38-40,47,51-52,54,56-57,69-73,75-79,82H,2,7-8,12-14,18-21,24,26,29-31H2,1H3,(H,66,67)(H,80,81)(H3,63,64,65). The van der Waals surface area contributed by atoms with Crippen molar-refractivity contribution in [2.45, 2.75) is 137 Å². The predicted molar refractivity (Wildman–Crippen MR) is 306 cm³/mol. The number of anilines is 1. The lowest BCUT2D eigenvalue weighted by Gasteiger charge is -2.58. The van der Waals surface area contributed by atoms with Gasteiger partial charge in [-0.2, -0.15) is 0 Å². The molecule has 22 heteroatoms. The summed E-state index contributed by atoms with van der Waals surface area (Å²) < 4.78 is 11.1. The number of aliphatic imine (C=N–C) groups is 1. The number of allylic oxidation sites excluding steroid dienone is 1. The van der Waals surface area contributed by atoms with Crippen molar-refractivity contribution in [3.8, 4) is 28.7 Å². The Labute approximate surface area is 484 Å². The van der Waals surface area contributed by atoms with Crippen molar-refractivity contribution in [1.29, 1.82) is 0 Å². The number of carboxylic acid groups (broad SMARTS) is 1. The number of hydrogen-bond acceptors (Lipinski definition) is 17. The molecule has 12 unspecified atom stereocenters. The Morgan fingerprint density at radius 2 is 1.74 bits per heavy atom. The highest BCUT2D eigenvalue weighted by atomic mass is 16.8. The average Bonchev–Trinajstić information content (AvgIpc) is 1.48. The Bertz CT molecular complexity index is 3330. The van der Waals surface area contributed by atoms with Crippen molar-refractivity contribution in [3.05, 3.63) is 142 Å². The van der Waals surface area contributed by atoms with Crippen LogP contribution in [-0.2, 0) is 45.5 Å². The predicted octanol–water partition coefficient (Wildman–Crippen LogP) is 3.73. The van der Waals surface area contributed by atoms with Crippen LogP contribution >= 0.6 is 0 Å². The highest BCUT2D eigenvalue weighted by Crippen LogP contribution is 2.72. The van der Waals surface area contributed by atoms with Gasteiger partial charge in [0.1, 0.15) is 29.8 Å². The number of aromatic amines is 1. The zero-order valence-electron chi connectivity index (χ0n) is 46.5. The molecule has 5 aliphatic rings. The van der Waals surface area contributed by atoms with Gasteiger partial charge >= 0.3 is 11.9 Å². The minimum Gasteiger partial charge on any atom is -0.508 e. The van der Waals surface area contributed by atoms with Gasteiger partial charge in [0.25, 0.3) is 5.91 Å². The number of benzene rings is 4. The largest absolute Gasteiger partial charge is 0.508 e. The first-order valence-corrected chi connectivity index (χ1v) is 28.6. The second kappa shape index (κ2) is 24.2. The second-order valence-electron chi connectivity index (χ2n) is 22.8. The molecule has 0 radical (unpaired) electrons. The molecule has 1 aromatic heterocycles. The van der Waals surface area contributed by atoms with Crippen molar-refractivity contribution in [2.75, 3.05) is 24.7 Å². The van der Waals surface area contributed by atoms with Gasteiger partial charge in [-0.1, -0.05) is 67.4 Å². The summed E-state index contributed by atoms with van der Waals surface area (Å²) in [5.74, 6) is -12.5. The third-order valence-corrected chi connectivity index (χ3v) is 18.1. The summed E-state index contributed by atoms with van der Waals surface area (Å²) in [4.78, 5) is 43.5. The molecule has 84 heavy (non-hydrogen) atoms. The monoisotopic (exact) mass is 1160 g/mol. The van der Waals surface area contributed by atoms with Gasteiger partial charge in [-0.15, -0.1) is 0 Å². The quantitative estimate of drug-likeness (QED) is 0.0100. The topological polar surface area (TPSA) is 378 Å². The van der Waals surface area contributed by atoms with Crippen molar-refractivity contribution in [2.24, 2.45) is 28.5 Å². The molecule has 1 saturated carbocycles. The number of imidazole rings is 1. The highest BCUT2D eigenvalue weighted by molar-refractivity contribution is 6.13. The van der Waals surface area contributed by atoms with Crippen LogP contribution in [0.5, 0.6) is 28.7 Å². The number of nitrogens with two attached hydrogens (primary N) is 1. The Morgan fingerprint density at radius 1 is 0.952 bits per heavy atom. The fraction of sp³-hybridized carbons (Fsp3) is 0.452. The van der Waals surface area contributed by atoms with Crippen LogP contribution in [0, 0.1) is 17.8 Å². The number of carboxylic acids is 1. The Kier molecular flexibility index (Phi) is 17.2. The number of phenols is 4. The van der Waals surface area contributed by atoms with E-state index in [2.05, 4.69) is 20.3 Å². The Morgan fingerprint density at radius 3 is 2.48 bits per heavy atom. The molecule has 2 fully saturated rings. The van der Waals surface area contributed by atoms with Crippen LogP contribution in [0.2, 0.25) is 0 Å². The molecule has 1 amide bonds. The first-order chi connectivity index (χ1) is 40.3. The minimum atomic E-state index is -3.36. The van der Waals surface area contributed by atoms with E-state index < -0.39 is 108 Å². The van der Waals surface area contributed by atoms with Gasteiger partial charge in [0.2, 0.25) is 5.75 Å². The van der Waals surface area contributed by atoms with E-state index in [9.17, 15) is 61.3 Å². The fourth-order valence-electron chi connectivity index (χ4n) is 14.4. The molecule has 4 aromatic carbocycles. The summed E-state index contributed by atoms with van der Waals surface area (Å²) >= 11 is 0. The number of aryl methyl sites for hydroxylation is 2. The van der Waals surface area contributed by atoms with Crippen LogP contribution in [0.25, 0.3) is 6.08 Å². The van der Waals surface area contributed by atoms with Gasteiger partial charge < -0.3 is 86.8 Å². The molecule has 5 aromatic rings. The van der Waals surface area contributed by atoms with Gasteiger partial charge in [-0.25, -0.2) is 14.8 Å². The number of aromatic hydroxyl groups is 4. The van der Waals surface area contributed by atoms with Gasteiger partial charge in [0, 0.05) is 71.3 Å². The molecular weight excluding hydrogens is 1080 g/mol. The number of ether oxygens (including phenoxy) is 2. The normalized spacial score (nSPS) is 28.5. The number of H-pyrrole nitrogens is 1. The van der Waals surface area contributed by atoms with Crippen molar-refractivity contribution in [1.82, 2.24) is 15.3 Å². The first kappa shape index (κ1) is 59.6. The van der Waals surface area contributed by atoms with Crippen LogP contribution in [0.4, 0.5) is 5.69 Å². The third-order valence-electron chi connectivity index (χ3n) is 18.1. The molecule has 10 rings (SSSR count). The Hall–Kier alpha value is -7.54. The maximum Gasteiger partial charge on any atom is 0.355 e. The van der Waals surface area contributed by atoms with Gasteiger partial charge in [0.15, 0.2) is 29.1 Å². The number of carbonyl (C=O) groups is 2. The maximum absolute atomic E-state index is 15.7. The molecule has 2 aliphatic heterocycles. The second-order valence-corrected chi connectivity index (χ2v) is 22.8. The smallest absolute Gasteiger partial charge is 0.355 e. The summed E-state index contributed by atoms with van der Waals surface area (Å²) in [7, 11) is 0. The number of rotatable bonds is 20. The number of aliphatic hydroxyl groups is 7. The van der Waals surface area contributed by atoms with Gasteiger partial charge in [-0.3, -0.25) is 9.69 Å². The summed E-state index contributed by atoms with van der Waals surface area (Å²) in [6, 6.07) is 20.3. The number of aliphatic hydroxyl groups excluding tert-OH is 6. The lowest BCUT2D eigenvalue weighted by Crippen LogP contribution is -2.67. The number of nitrogens with zero attached hydrogens (tertiary/aromatic N) is 3. The zero-order valence-corrected chi connectivity index (χ0v) is 46.5. The number of phenolic OH excluding ortho intramolecular Hbond substituents is 4. The molecule has 3 aliphatic carbocycles. The number of fused-ring (bicyclic) bond motifs is 6. The number of nitrogens with one attached hydrogen (secondary N) is 2. The van der Waals surface area contributed by atoms with Crippen LogP contribution < -0.4 is 20.7 Å². The molecule has 1 saturated heterocycles. The number of aliphatic carboxylic acids is 1. The molecule has 448 valence electrons. The first-order valence-electron chi connectivity index (χ1n) is 28.6. The van der Waals surface area contributed by atoms with E-state index in [1.165, 1.54) is 24.3 Å². The summed E-state index contributed by atoms with van der Waals surface area (Å²) in [6.07, 6.45) is 0.633. The lowest BCUT2D eigenvalue weighted by atomic mass is 9.45. The van der Waals surface area contributed by atoms with E-state index in [1.54, 1.807) is 24.5 Å². The number of amides is 1. The SMILES string of the molecule is CCc1nc[nH]c1Cc1cc(C=CC(=O)N2c3cc(OC4(O)OC(CO)C(O)C(O)C4O)c(O)c(O)c3C3C(C45c6c(O)cccc6CCC4CCCC5CO)C(CCC(O)CCCNC(N)=NCc4ccccc4)=CC32C(=O)O)ccc1O. The van der Waals surface area contributed by atoms with E-state index >= 15 is 9.59 Å². The van der Waals surface area contributed by atoms with Crippen molar-refractivity contribution in [3.63, 3.8) is 0 Å².